The quantitative estimate of drug-likeness (QED) is 0.182. The minimum absolute atomic E-state index is 0.000355. The van der Waals surface area contributed by atoms with E-state index in [1.54, 1.807) is 0 Å². The third-order valence-electron chi connectivity index (χ3n) is 15.3. The number of aliphatic carboxylic acids is 1. The maximum Gasteiger partial charge on any atom is 0.377 e. The van der Waals surface area contributed by atoms with Crippen LogP contribution in [0, 0.1) is 45.3 Å². The predicted molar refractivity (Wildman–Crippen MR) is 169 cm³/mol. The second-order valence-corrected chi connectivity index (χ2v) is 16.8. The summed E-state index contributed by atoms with van der Waals surface area (Å²) in [5.74, 6) is -0.316. The average molecular weight is 591 g/mol. The second-order valence-electron chi connectivity index (χ2n) is 16.8. The zero-order chi connectivity index (χ0) is 31.3. The number of aliphatic hydroxyl groups is 1. The molecular formula is C38H54O5. The highest BCUT2D eigenvalue weighted by molar-refractivity contribution is 6.40. The molecule has 236 valence electrons. The molecule has 5 aliphatic carbocycles. The summed E-state index contributed by atoms with van der Waals surface area (Å²) in [5.41, 5.74) is 3.17. The summed E-state index contributed by atoms with van der Waals surface area (Å²) in [7, 11) is 0. The Kier molecular flexibility index (Phi) is 7.13. The van der Waals surface area contributed by atoms with E-state index in [4.69, 9.17) is 0 Å². The molecule has 0 heterocycles. The molecule has 1 aromatic rings. The normalized spacial score (nSPS) is 45.3. The Bertz CT molecular complexity index is 1380. The van der Waals surface area contributed by atoms with Crippen LogP contribution in [0.2, 0.25) is 0 Å². The standard InChI is InChI=1S/C38H54O5/c1-22-9-8-10-23(2)34(22,3)19-20-37(6)28-13-16-36(5)27(35(28,4)18-15-30(37)40)14-17-38(7)29(36)21-25-26(39)12-11-24(31(25)38)32(41)33(42)43/h9,11-12,23,27-30,39-40H,8,10,13-21H2,1-7H3,(H,42,43). The highest BCUT2D eigenvalue weighted by Crippen LogP contribution is 2.73. The van der Waals surface area contributed by atoms with Crippen LogP contribution in [-0.4, -0.2) is 33.2 Å². The van der Waals surface area contributed by atoms with Gasteiger partial charge in [-0.3, -0.25) is 4.79 Å². The topological polar surface area (TPSA) is 94.8 Å². The van der Waals surface area contributed by atoms with E-state index in [1.165, 1.54) is 30.5 Å². The van der Waals surface area contributed by atoms with E-state index in [9.17, 15) is 24.9 Å². The number of fused-ring (bicyclic) bond motifs is 7. The molecule has 3 saturated carbocycles. The summed E-state index contributed by atoms with van der Waals surface area (Å²) in [6.45, 7) is 16.8. The Labute approximate surface area is 258 Å². The molecule has 10 atom stereocenters. The van der Waals surface area contributed by atoms with Crippen LogP contribution in [0.4, 0.5) is 0 Å². The number of carbonyl (C=O) groups is 2. The predicted octanol–water partition coefficient (Wildman–Crippen LogP) is 8.25. The Morgan fingerprint density at radius 3 is 2.21 bits per heavy atom. The lowest BCUT2D eigenvalue weighted by Crippen LogP contribution is -2.63. The van der Waals surface area contributed by atoms with Gasteiger partial charge in [0.2, 0.25) is 0 Å². The Morgan fingerprint density at radius 1 is 0.884 bits per heavy atom. The SMILES string of the molecule is CC1=CCCC(C)C1(C)CCC1(C)C(O)CCC2(C)C1CCC1(C)C3Cc4c(O)ccc(C(=O)C(=O)O)c4C3(C)CCC12. The van der Waals surface area contributed by atoms with Gasteiger partial charge in [-0.05, 0) is 152 Å². The molecule has 0 amide bonds. The number of benzene rings is 1. The Balaban J connectivity index is 1.34. The molecule has 0 bridgehead atoms. The van der Waals surface area contributed by atoms with E-state index >= 15 is 0 Å². The van der Waals surface area contributed by atoms with Crippen molar-refractivity contribution in [2.24, 2.45) is 45.3 Å². The van der Waals surface area contributed by atoms with Crippen LogP contribution in [0.1, 0.15) is 134 Å². The van der Waals surface area contributed by atoms with Crippen molar-refractivity contribution in [2.45, 2.75) is 131 Å². The van der Waals surface area contributed by atoms with E-state index < -0.39 is 11.8 Å². The summed E-state index contributed by atoms with van der Waals surface area (Å²) in [6.07, 6.45) is 13.4. The van der Waals surface area contributed by atoms with Crippen molar-refractivity contribution < 1.29 is 24.9 Å². The van der Waals surface area contributed by atoms with Crippen LogP contribution < -0.4 is 0 Å². The number of phenols is 1. The number of carboxylic acid groups (broad SMARTS) is 1. The summed E-state index contributed by atoms with van der Waals surface area (Å²) < 4.78 is 0. The molecule has 3 N–H and O–H groups in total. The lowest BCUT2D eigenvalue weighted by Gasteiger charge is -2.69. The number of Topliss-reactive ketones (excluding diaryl/α,β-unsaturated/α-hetero) is 1. The molecule has 6 rings (SSSR count). The van der Waals surface area contributed by atoms with Crippen LogP contribution in [0.25, 0.3) is 0 Å². The first kappa shape index (κ1) is 30.9. The molecule has 10 unspecified atom stereocenters. The fourth-order valence-corrected chi connectivity index (χ4v) is 12.4. The molecular weight excluding hydrogens is 536 g/mol. The maximum atomic E-state index is 12.9. The average Bonchev–Trinajstić information content (AvgIpc) is 3.28. The fraction of sp³-hybridized carbons (Fsp3) is 0.737. The first-order valence-corrected chi connectivity index (χ1v) is 17.0. The van der Waals surface area contributed by atoms with E-state index in [-0.39, 0.29) is 50.4 Å². The van der Waals surface area contributed by atoms with Gasteiger partial charge in [0.25, 0.3) is 5.78 Å². The maximum absolute atomic E-state index is 12.9. The molecule has 0 radical (unpaired) electrons. The van der Waals surface area contributed by atoms with Crippen molar-refractivity contribution in [1.82, 2.24) is 0 Å². The number of aliphatic hydroxyl groups excluding tert-OH is 1. The van der Waals surface area contributed by atoms with Crippen LogP contribution in [0.15, 0.2) is 23.8 Å². The number of hydrogen-bond acceptors (Lipinski definition) is 4. The van der Waals surface area contributed by atoms with Crippen LogP contribution >= 0.6 is 0 Å². The first-order valence-electron chi connectivity index (χ1n) is 17.0. The molecule has 0 aliphatic heterocycles. The van der Waals surface area contributed by atoms with Gasteiger partial charge >= 0.3 is 5.97 Å². The van der Waals surface area contributed by atoms with Gasteiger partial charge in [-0.2, -0.15) is 0 Å². The van der Waals surface area contributed by atoms with E-state index in [0.29, 0.717) is 24.2 Å². The monoisotopic (exact) mass is 590 g/mol. The lowest BCUT2D eigenvalue weighted by atomic mass is 9.36. The molecule has 1 aromatic carbocycles. The van der Waals surface area contributed by atoms with Crippen molar-refractivity contribution in [1.29, 1.82) is 0 Å². The minimum atomic E-state index is -1.44. The molecule has 5 nitrogen and oxygen atoms in total. The second kappa shape index (κ2) is 9.93. The van der Waals surface area contributed by atoms with Gasteiger partial charge in [0, 0.05) is 5.56 Å². The molecule has 5 heteroatoms. The number of ketones is 1. The van der Waals surface area contributed by atoms with Crippen molar-refractivity contribution in [3.8, 4) is 5.75 Å². The van der Waals surface area contributed by atoms with Gasteiger partial charge in [0.15, 0.2) is 0 Å². The van der Waals surface area contributed by atoms with Crippen LogP contribution in [0.5, 0.6) is 5.75 Å². The van der Waals surface area contributed by atoms with Gasteiger partial charge in [-0.15, -0.1) is 0 Å². The number of hydrogen-bond donors (Lipinski definition) is 3. The molecule has 43 heavy (non-hydrogen) atoms. The highest BCUT2D eigenvalue weighted by atomic mass is 16.4. The smallest absolute Gasteiger partial charge is 0.377 e. The fourth-order valence-electron chi connectivity index (χ4n) is 12.4. The van der Waals surface area contributed by atoms with Crippen LogP contribution in [0.3, 0.4) is 0 Å². The highest BCUT2D eigenvalue weighted by Gasteiger charge is 2.67. The largest absolute Gasteiger partial charge is 0.508 e. The van der Waals surface area contributed by atoms with Crippen molar-refractivity contribution in [3.05, 3.63) is 40.5 Å². The van der Waals surface area contributed by atoms with Crippen LogP contribution in [-0.2, 0) is 16.6 Å². The molecule has 0 aromatic heterocycles. The number of carboxylic acids is 1. The molecule has 3 fully saturated rings. The number of allylic oxidation sites excluding steroid dienone is 2. The van der Waals surface area contributed by atoms with Crippen molar-refractivity contribution in [3.63, 3.8) is 0 Å². The van der Waals surface area contributed by atoms with E-state index in [0.717, 1.165) is 62.5 Å². The zero-order valence-electron chi connectivity index (χ0n) is 27.6. The van der Waals surface area contributed by atoms with Gasteiger partial charge in [0.05, 0.1) is 6.10 Å². The summed E-state index contributed by atoms with van der Waals surface area (Å²) in [6, 6.07) is 3.05. The summed E-state index contributed by atoms with van der Waals surface area (Å²) in [5, 5.41) is 32.3. The molecule has 0 spiro atoms. The third kappa shape index (κ3) is 4.11. The summed E-state index contributed by atoms with van der Waals surface area (Å²) >= 11 is 0. The minimum Gasteiger partial charge on any atom is -0.508 e. The summed E-state index contributed by atoms with van der Waals surface area (Å²) in [4.78, 5) is 24.7. The van der Waals surface area contributed by atoms with Crippen molar-refractivity contribution >= 4 is 11.8 Å². The lowest BCUT2D eigenvalue weighted by molar-refractivity contribution is -0.209. The van der Waals surface area contributed by atoms with E-state index in [1.807, 2.05) is 0 Å². The van der Waals surface area contributed by atoms with Crippen molar-refractivity contribution in [2.75, 3.05) is 0 Å². The van der Waals surface area contributed by atoms with Gasteiger partial charge in [-0.25, -0.2) is 4.79 Å². The van der Waals surface area contributed by atoms with Gasteiger partial charge in [0.1, 0.15) is 5.75 Å². The van der Waals surface area contributed by atoms with E-state index in [2.05, 4.69) is 54.5 Å². The molecule has 5 aliphatic rings. The van der Waals surface area contributed by atoms with Gasteiger partial charge < -0.3 is 15.3 Å². The number of carbonyl (C=O) groups excluding carboxylic acids is 1. The molecule has 0 saturated heterocycles. The third-order valence-corrected chi connectivity index (χ3v) is 15.3. The first-order chi connectivity index (χ1) is 20.0. The Hall–Kier alpha value is -2.14. The van der Waals surface area contributed by atoms with Gasteiger partial charge in [-0.1, -0.05) is 53.2 Å². The number of aromatic hydroxyl groups is 1. The number of rotatable bonds is 5. The Morgan fingerprint density at radius 2 is 1.53 bits per heavy atom. The zero-order valence-corrected chi connectivity index (χ0v) is 27.6. The number of phenolic OH excluding ortho intramolecular Hbond substituents is 1.